The number of aromatic amines is 2. The maximum absolute atomic E-state index is 12.8. The zero-order chi connectivity index (χ0) is 18.3. The van der Waals surface area contributed by atoms with E-state index in [0.29, 0.717) is 38.3 Å². The number of hydrogen-bond donors (Lipinski definition) is 2. The Kier molecular flexibility index (Phi) is 4.71. The summed E-state index contributed by atoms with van der Waals surface area (Å²) in [6.45, 7) is 6.90. The molecule has 0 saturated carbocycles. The molecule has 6 nitrogen and oxygen atoms in total. The number of H-pyrrole nitrogens is 2. The number of fused-ring (bicyclic) bond motifs is 1. The van der Waals surface area contributed by atoms with Crippen LogP contribution in [0.1, 0.15) is 46.0 Å². The maximum Gasteiger partial charge on any atom is 0.192 e. The van der Waals surface area contributed by atoms with E-state index in [0.717, 1.165) is 5.52 Å². The Balaban J connectivity index is 1.85. The summed E-state index contributed by atoms with van der Waals surface area (Å²) in [4.78, 5) is 39.2. The number of hydrogen-bond acceptors (Lipinski definition) is 5. The van der Waals surface area contributed by atoms with Crippen LogP contribution >= 0.6 is 23.4 Å². The second kappa shape index (κ2) is 6.65. The molecular formula is C17H17ClN4O2S. The van der Waals surface area contributed by atoms with Crippen LogP contribution in [0.5, 0.6) is 0 Å². The summed E-state index contributed by atoms with van der Waals surface area (Å²) in [5.74, 6) is -0.129. The van der Waals surface area contributed by atoms with Gasteiger partial charge in [0.1, 0.15) is 0 Å². The average molecular weight is 377 g/mol. The Bertz CT molecular complexity index is 992. The van der Waals surface area contributed by atoms with Gasteiger partial charge in [-0.05, 0) is 39.3 Å². The molecule has 0 amide bonds. The summed E-state index contributed by atoms with van der Waals surface area (Å²) in [6.07, 6.45) is 1.53. The Morgan fingerprint density at radius 3 is 2.64 bits per heavy atom. The molecule has 0 unspecified atom stereocenters. The van der Waals surface area contributed by atoms with Crippen molar-refractivity contribution in [2.24, 2.45) is 0 Å². The molecule has 0 spiro atoms. The van der Waals surface area contributed by atoms with E-state index in [1.807, 2.05) is 6.92 Å². The first kappa shape index (κ1) is 17.7. The van der Waals surface area contributed by atoms with Crippen molar-refractivity contribution in [3.8, 4) is 0 Å². The number of Topliss-reactive ketones (excluding diaryl/α,β-unsaturated/α-hetero) is 2. The molecule has 25 heavy (non-hydrogen) atoms. The number of rotatable bonds is 5. The van der Waals surface area contributed by atoms with Crippen LogP contribution in [0.2, 0.25) is 5.02 Å². The summed E-state index contributed by atoms with van der Waals surface area (Å²) in [5.41, 5.74) is 3.74. The van der Waals surface area contributed by atoms with E-state index in [9.17, 15) is 9.59 Å². The van der Waals surface area contributed by atoms with Crippen molar-refractivity contribution in [3.63, 3.8) is 0 Å². The smallest absolute Gasteiger partial charge is 0.192 e. The lowest BCUT2D eigenvalue weighted by Crippen LogP contribution is -2.15. The minimum atomic E-state index is -0.382. The van der Waals surface area contributed by atoms with Crippen molar-refractivity contribution < 1.29 is 9.59 Å². The van der Waals surface area contributed by atoms with Gasteiger partial charge in [-0.1, -0.05) is 23.4 Å². The first-order valence-electron chi connectivity index (χ1n) is 7.70. The first-order chi connectivity index (χ1) is 11.8. The highest BCUT2D eigenvalue weighted by molar-refractivity contribution is 8.00. The fraction of sp³-hybridized carbons (Fsp3) is 0.294. The second-order valence-corrected chi connectivity index (χ2v) is 7.64. The van der Waals surface area contributed by atoms with Gasteiger partial charge in [-0.3, -0.25) is 9.59 Å². The molecule has 0 saturated heterocycles. The van der Waals surface area contributed by atoms with Gasteiger partial charge in [0, 0.05) is 17.5 Å². The number of nitrogens with zero attached hydrogens (tertiary/aromatic N) is 2. The predicted molar refractivity (Wildman–Crippen MR) is 98.8 cm³/mol. The Hall–Kier alpha value is -2.12. The zero-order valence-corrected chi connectivity index (χ0v) is 15.8. The van der Waals surface area contributed by atoms with E-state index < -0.39 is 0 Å². The third kappa shape index (κ3) is 3.34. The van der Waals surface area contributed by atoms with E-state index in [4.69, 9.17) is 11.6 Å². The van der Waals surface area contributed by atoms with Gasteiger partial charge in [0.15, 0.2) is 22.4 Å². The zero-order valence-electron chi connectivity index (χ0n) is 14.2. The number of imidazole rings is 1. The van der Waals surface area contributed by atoms with Crippen molar-refractivity contribution in [2.45, 2.75) is 38.1 Å². The van der Waals surface area contributed by atoms with E-state index in [-0.39, 0.29) is 16.8 Å². The van der Waals surface area contributed by atoms with E-state index >= 15 is 0 Å². The van der Waals surface area contributed by atoms with Crippen LogP contribution in [0.15, 0.2) is 17.4 Å². The van der Waals surface area contributed by atoms with E-state index in [1.165, 1.54) is 24.9 Å². The summed E-state index contributed by atoms with van der Waals surface area (Å²) in [5, 5.41) is 0.733. The van der Waals surface area contributed by atoms with Crippen LogP contribution in [0.3, 0.4) is 0 Å². The summed E-state index contributed by atoms with van der Waals surface area (Å²) in [7, 11) is 0. The van der Waals surface area contributed by atoms with Gasteiger partial charge in [-0.25, -0.2) is 9.97 Å². The quantitative estimate of drug-likeness (QED) is 0.516. The van der Waals surface area contributed by atoms with Crippen molar-refractivity contribution in [3.05, 3.63) is 39.8 Å². The molecule has 3 heterocycles. The van der Waals surface area contributed by atoms with Crippen LogP contribution in [0.25, 0.3) is 11.2 Å². The molecule has 0 aliphatic rings. The van der Waals surface area contributed by atoms with Crippen LogP contribution in [-0.2, 0) is 0 Å². The lowest BCUT2D eigenvalue weighted by atomic mass is 10.0. The Morgan fingerprint density at radius 1 is 1.28 bits per heavy atom. The normalized spacial score (nSPS) is 12.5. The van der Waals surface area contributed by atoms with Gasteiger partial charge >= 0.3 is 0 Å². The lowest BCUT2D eigenvalue weighted by molar-refractivity contribution is 0.0988. The van der Waals surface area contributed by atoms with Crippen LogP contribution in [0, 0.1) is 13.8 Å². The van der Waals surface area contributed by atoms with Crippen LogP contribution < -0.4 is 0 Å². The molecule has 0 fully saturated rings. The lowest BCUT2D eigenvalue weighted by Gasteiger charge is -2.08. The molecule has 0 bridgehead atoms. The van der Waals surface area contributed by atoms with Gasteiger partial charge in [0.2, 0.25) is 0 Å². The third-order valence-corrected chi connectivity index (χ3v) is 5.17. The number of halogens is 1. The van der Waals surface area contributed by atoms with Gasteiger partial charge in [-0.15, -0.1) is 0 Å². The van der Waals surface area contributed by atoms with Gasteiger partial charge in [0.05, 0.1) is 21.5 Å². The molecule has 2 N–H and O–H groups in total. The predicted octanol–water partition coefficient (Wildman–Crippen LogP) is 4.12. The second-order valence-electron chi connectivity index (χ2n) is 5.87. The number of aromatic nitrogens is 4. The van der Waals surface area contributed by atoms with Crippen molar-refractivity contribution >= 4 is 46.1 Å². The fourth-order valence-corrected chi connectivity index (χ4v) is 3.88. The molecule has 0 aliphatic carbocycles. The molecule has 0 radical (unpaired) electrons. The molecule has 3 aromatic heterocycles. The molecule has 0 aromatic carbocycles. The first-order valence-corrected chi connectivity index (χ1v) is 8.96. The van der Waals surface area contributed by atoms with Crippen molar-refractivity contribution in [2.75, 3.05) is 0 Å². The standard InChI is InChI=1S/C17H17ClN4O2S/c1-7-13(9(3)23)8(2)20-14(7)15(24)10(4)25-17-21-12-5-11(18)6-19-16(12)22-17/h5-6,10,20H,1-4H3,(H,19,21,22)/t10-/m0/s1. The molecule has 8 heteroatoms. The highest BCUT2D eigenvalue weighted by Crippen LogP contribution is 2.28. The van der Waals surface area contributed by atoms with Gasteiger partial charge in [-0.2, -0.15) is 0 Å². The van der Waals surface area contributed by atoms with Crippen LogP contribution in [0.4, 0.5) is 0 Å². The summed E-state index contributed by atoms with van der Waals surface area (Å²) in [6, 6.07) is 1.74. The number of pyridine rings is 1. The minimum Gasteiger partial charge on any atom is -0.355 e. The van der Waals surface area contributed by atoms with Gasteiger partial charge < -0.3 is 9.97 Å². The number of carbonyl (C=O) groups is 2. The number of aryl methyl sites for hydroxylation is 1. The molecule has 3 aromatic rings. The monoisotopic (exact) mass is 376 g/mol. The molecule has 130 valence electrons. The van der Waals surface area contributed by atoms with Crippen molar-refractivity contribution in [1.82, 2.24) is 19.9 Å². The number of ketones is 2. The minimum absolute atomic E-state index is 0.0501. The van der Waals surface area contributed by atoms with Gasteiger partial charge in [0.25, 0.3) is 0 Å². The molecule has 3 rings (SSSR count). The largest absolute Gasteiger partial charge is 0.355 e. The highest BCUT2D eigenvalue weighted by Gasteiger charge is 2.25. The summed E-state index contributed by atoms with van der Waals surface area (Å²) >= 11 is 7.23. The molecular weight excluding hydrogens is 360 g/mol. The third-order valence-electron chi connectivity index (χ3n) is 3.98. The molecule has 0 aliphatic heterocycles. The summed E-state index contributed by atoms with van der Waals surface area (Å²) < 4.78 is 0. The van der Waals surface area contributed by atoms with Crippen molar-refractivity contribution in [1.29, 1.82) is 0 Å². The average Bonchev–Trinajstić information content (AvgIpc) is 3.05. The number of thioether (sulfide) groups is 1. The maximum atomic E-state index is 12.8. The fourth-order valence-electron chi connectivity index (χ4n) is 2.86. The highest BCUT2D eigenvalue weighted by atomic mass is 35.5. The Labute approximate surface area is 153 Å². The Morgan fingerprint density at radius 2 is 2.00 bits per heavy atom. The van der Waals surface area contributed by atoms with E-state index in [1.54, 1.807) is 19.9 Å². The van der Waals surface area contributed by atoms with Crippen LogP contribution in [-0.4, -0.2) is 36.8 Å². The van der Waals surface area contributed by atoms with E-state index in [2.05, 4.69) is 19.9 Å². The topological polar surface area (TPSA) is 91.5 Å². The SMILES string of the molecule is CC(=O)c1c(C)[nH]c(C(=O)[C@H](C)Sc2nc3ncc(Cl)cc3[nH]2)c1C. The number of carbonyl (C=O) groups excluding carboxylic acids is 2. The molecule has 1 atom stereocenters. The number of nitrogens with one attached hydrogen (secondary N) is 2.